The van der Waals surface area contributed by atoms with E-state index < -0.39 is 0 Å². The zero-order valence-electron chi connectivity index (χ0n) is 18.3. The van der Waals surface area contributed by atoms with Crippen LogP contribution in [0.4, 0.5) is 11.4 Å². The molecule has 6 nitrogen and oxygen atoms in total. The van der Waals surface area contributed by atoms with Crippen molar-refractivity contribution >= 4 is 35.0 Å². The van der Waals surface area contributed by atoms with Crippen LogP contribution in [0.15, 0.2) is 89.8 Å². The average Bonchev–Trinajstić information content (AvgIpc) is 2.85. The molecule has 0 radical (unpaired) electrons. The van der Waals surface area contributed by atoms with Crippen LogP contribution in [0.25, 0.3) is 0 Å². The van der Waals surface area contributed by atoms with Gasteiger partial charge in [0.05, 0.1) is 19.8 Å². The number of anilines is 2. The Morgan fingerprint density at radius 3 is 2.03 bits per heavy atom. The van der Waals surface area contributed by atoms with Crippen molar-refractivity contribution in [1.82, 2.24) is 4.90 Å². The molecular weight excluding hydrogens is 434 g/mol. The SMILES string of the molecule is O=C(CN1CCOCC1)Nc1ccc(NC(=O)C(Sc2ccccc2)c2ccccc2)cc1. The Morgan fingerprint density at radius 1 is 0.818 bits per heavy atom. The number of hydrogen-bond acceptors (Lipinski definition) is 5. The van der Waals surface area contributed by atoms with Crippen LogP contribution < -0.4 is 10.6 Å². The molecule has 1 aliphatic rings. The van der Waals surface area contributed by atoms with E-state index in [4.69, 9.17) is 4.74 Å². The highest BCUT2D eigenvalue weighted by molar-refractivity contribution is 8.00. The maximum atomic E-state index is 13.2. The summed E-state index contributed by atoms with van der Waals surface area (Å²) >= 11 is 1.51. The summed E-state index contributed by atoms with van der Waals surface area (Å²) < 4.78 is 5.31. The minimum absolute atomic E-state index is 0.0583. The Morgan fingerprint density at radius 2 is 1.39 bits per heavy atom. The first-order valence-corrected chi connectivity index (χ1v) is 11.8. The molecule has 7 heteroatoms. The second-order valence-corrected chi connectivity index (χ2v) is 8.90. The molecule has 3 aromatic rings. The highest BCUT2D eigenvalue weighted by Gasteiger charge is 2.22. The molecular formula is C26H27N3O3S. The number of nitrogens with one attached hydrogen (secondary N) is 2. The van der Waals surface area contributed by atoms with Crippen LogP contribution >= 0.6 is 11.8 Å². The summed E-state index contributed by atoms with van der Waals surface area (Å²) in [6.45, 7) is 3.20. The number of hydrogen-bond donors (Lipinski definition) is 2. The zero-order chi connectivity index (χ0) is 22.9. The van der Waals surface area contributed by atoms with Crippen molar-refractivity contribution in [2.75, 3.05) is 43.5 Å². The summed E-state index contributed by atoms with van der Waals surface area (Å²) in [5.41, 5.74) is 2.32. The van der Waals surface area contributed by atoms with E-state index in [2.05, 4.69) is 15.5 Å². The fraction of sp³-hybridized carbons (Fsp3) is 0.231. The lowest BCUT2D eigenvalue weighted by molar-refractivity contribution is -0.118. The molecule has 0 saturated carbocycles. The van der Waals surface area contributed by atoms with E-state index in [9.17, 15) is 9.59 Å². The minimum Gasteiger partial charge on any atom is -0.379 e. The van der Waals surface area contributed by atoms with Gasteiger partial charge < -0.3 is 15.4 Å². The molecule has 1 saturated heterocycles. The predicted octanol–water partition coefficient (Wildman–Crippen LogP) is 4.43. The van der Waals surface area contributed by atoms with E-state index >= 15 is 0 Å². The average molecular weight is 462 g/mol. The normalized spacial score (nSPS) is 14.9. The topological polar surface area (TPSA) is 70.7 Å². The lowest BCUT2D eigenvalue weighted by atomic mass is 10.1. The van der Waals surface area contributed by atoms with E-state index in [0.717, 1.165) is 23.5 Å². The molecule has 1 atom stereocenters. The third kappa shape index (κ3) is 6.92. The highest BCUT2D eigenvalue weighted by Crippen LogP contribution is 2.36. The maximum absolute atomic E-state index is 13.2. The molecule has 170 valence electrons. The zero-order valence-corrected chi connectivity index (χ0v) is 19.1. The van der Waals surface area contributed by atoms with Crippen LogP contribution in [0.5, 0.6) is 0 Å². The molecule has 0 spiro atoms. The van der Waals surface area contributed by atoms with Gasteiger partial charge in [-0.2, -0.15) is 0 Å². The molecule has 1 aliphatic heterocycles. The summed E-state index contributed by atoms with van der Waals surface area (Å²) in [6.07, 6.45) is 0. The van der Waals surface area contributed by atoms with Gasteiger partial charge in [0, 0.05) is 29.4 Å². The van der Waals surface area contributed by atoms with E-state index in [-0.39, 0.29) is 17.1 Å². The second kappa shape index (κ2) is 11.7. The Labute approximate surface area is 198 Å². The molecule has 0 aromatic heterocycles. The largest absolute Gasteiger partial charge is 0.379 e. The van der Waals surface area contributed by atoms with Crippen LogP contribution in [-0.4, -0.2) is 49.6 Å². The van der Waals surface area contributed by atoms with Crippen molar-refractivity contribution in [2.24, 2.45) is 0 Å². The first-order valence-electron chi connectivity index (χ1n) is 10.9. The summed E-state index contributed by atoms with van der Waals surface area (Å²) in [5, 5.41) is 5.54. The van der Waals surface area contributed by atoms with Gasteiger partial charge in [-0.25, -0.2) is 0 Å². The molecule has 1 heterocycles. The Hall–Kier alpha value is -3.13. The van der Waals surface area contributed by atoms with E-state index in [1.807, 2.05) is 60.7 Å². The van der Waals surface area contributed by atoms with Crippen LogP contribution in [0.2, 0.25) is 0 Å². The third-order valence-corrected chi connectivity index (χ3v) is 6.51. The van der Waals surface area contributed by atoms with Crippen molar-refractivity contribution in [3.8, 4) is 0 Å². The number of amides is 2. The monoisotopic (exact) mass is 461 g/mol. The number of carbonyl (C=O) groups is 2. The molecule has 4 rings (SSSR count). The third-order valence-electron chi connectivity index (χ3n) is 5.24. The first kappa shape index (κ1) is 23.0. The molecule has 0 bridgehead atoms. The molecule has 1 fully saturated rings. The van der Waals surface area contributed by atoms with Gasteiger partial charge in [0.25, 0.3) is 0 Å². The van der Waals surface area contributed by atoms with E-state index in [1.54, 1.807) is 24.3 Å². The molecule has 2 amide bonds. The number of nitrogens with zero attached hydrogens (tertiary/aromatic N) is 1. The van der Waals surface area contributed by atoms with Gasteiger partial charge in [0.2, 0.25) is 11.8 Å². The highest BCUT2D eigenvalue weighted by atomic mass is 32.2. The van der Waals surface area contributed by atoms with Crippen LogP contribution in [0.1, 0.15) is 10.8 Å². The molecule has 0 aliphatic carbocycles. The van der Waals surface area contributed by atoms with Gasteiger partial charge in [-0.15, -0.1) is 11.8 Å². The lowest BCUT2D eigenvalue weighted by Gasteiger charge is -2.25. The second-order valence-electron chi connectivity index (χ2n) is 7.72. The smallest absolute Gasteiger partial charge is 0.242 e. The first-order chi connectivity index (χ1) is 16.2. The van der Waals surface area contributed by atoms with Gasteiger partial charge >= 0.3 is 0 Å². The number of carbonyl (C=O) groups excluding carboxylic acids is 2. The Kier molecular flexibility index (Phi) is 8.14. The predicted molar refractivity (Wildman–Crippen MR) is 132 cm³/mol. The van der Waals surface area contributed by atoms with Crippen molar-refractivity contribution in [3.63, 3.8) is 0 Å². The van der Waals surface area contributed by atoms with Crippen LogP contribution in [0, 0.1) is 0 Å². The van der Waals surface area contributed by atoms with Gasteiger partial charge in [-0.3, -0.25) is 14.5 Å². The molecule has 3 aromatic carbocycles. The van der Waals surface area contributed by atoms with E-state index in [1.165, 1.54) is 11.8 Å². The summed E-state index contributed by atoms with van der Waals surface area (Å²) in [4.78, 5) is 28.6. The van der Waals surface area contributed by atoms with Gasteiger partial charge in [-0.1, -0.05) is 48.5 Å². The Balaban J connectivity index is 1.38. The summed E-state index contributed by atoms with van der Waals surface area (Å²) in [7, 11) is 0. The van der Waals surface area contributed by atoms with Crippen molar-refractivity contribution < 1.29 is 14.3 Å². The number of benzene rings is 3. The van der Waals surface area contributed by atoms with Gasteiger partial charge in [0.1, 0.15) is 5.25 Å². The fourth-order valence-electron chi connectivity index (χ4n) is 3.54. The van der Waals surface area contributed by atoms with Crippen LogP contribution in [0.3, 0.4) is 0 Å². The quantitative estimate of drug-likeness (QED) is 0.486. The lowest BCUT2D eigenvalue weighted by Crippen LogP contribution is -2.41. The summed E-state index contributed by atoms with van der Waals surface area (Å²) in [6, 6.07) is 26.9. The van der Waals surface area contributed by atoms with Crippen molar-refractivity contribution in [2.45, 2.75) is 10.1 Å². The number of ether oxygens (including phenoxy) is 1. The number of morpholine rings is 1. The molecule has 2 N–H and O–H groups in total. The summed E-state index contributed by atoms with van der Waals surface area (Å²) in [5.74, 6) is -0.156. The number of thioether (sulfide) groups is 1. The van der Waals surface area contributed by atoms with Crippen molar-refractivity contribution in [3.05, 3.63) is 90.5 Å². The fourth-order valence-corrected chi connectivity index (χ4v) is 4.59. The molecule has 1 unspecified atom stereocenters. The standard InChI is InChI=1S/C26H27N3O3S/c30-24(19-29-15-17-32-18-16-29)27-21-11-13-22(14-12-21)28-26(31)25(20-7-3-1-4-8-20)33-23-9-5-2-6-10-23/h1-14,25H,15-19H2,(H,27,30)(H,28,31). The Bertz CT molecular complexity index is 1040. The minimum atomic E-state index is -0.387. The maximum Gasteiger partial charge on any atom is 0.242 e. The molecule has 33 heavy (non-hydrogen) atoms. The van der Waals surface area contributed by atoms with E-state index in [0.29, 0.717) is 31.1 Å². The van der Waals surface area contributed by atoms with Crippen molar-refractivity contribution in [1.29, 1.82) is 0 Å². The number of rotatable bonds is 8. The van der Waals surface area contributed by atoms with Crippen LogP contribution in [-0.2, 0) is 14.3 Å². The van der Waals surface area contributed by atoms with Gasteiger partial charge in [0.15, 0.2) is 0 Å². The van der Waals surface area contributed by atoms with Gasteiger partial charge in [-0.05, 0) is 42.0 Å².